The van der Waals surface area contributed by atoms with E-state index >= 15 is 0 Å². The van der Waals surface area contributed by atoms with Crippen molar-refractivity contribution in [1.29, 1.82) is 0 Å². The second kappa shape index (κ2) is 6.50. The molecule has 1 spiro atoms. The van der Waals surface area contributed by atoms with E-state index in [0.29, 0.717) is 19.2 Å². The highest BCUT2D eigenvalue weighted by Crippen LogP contribution is 2.43. The van der Waals surface area contributed by atoms with Crippen molar-refractivity contribution in [2.75, 3.05) is 26.2 Å². The maximum absolute atomic E-state index is 12.8. The molecule has 4 heterocycles. The van der Waals surface area contributed by atoms with Gasteiger partial charge in [-0.1, -0.05) is 6.07 Å². The minimum atomic E-state index is -4.60. The van der Waals surface area contributed by atoms with Gasteiger partial charge in [-0.2, -0.15) is 17.5 Å². The van der Waals surface area contributed by atoms with E-state index in [1.807, 2.05) is 18.2 Å². The van der Waals surface area contributed by atoms with Crippen LogP contribution < -0.4 is 0 Å². The maximum atomic E-state index is 12.8. The molecule has 0 amide bonds. The van der Waals surface area contributed by atoms with Crippen LogP contribution in [0.1, 0.15) is 17.1 Å². The second-order valence-corrected chi connectivity index (χ2v) is 9.42. The van der Waals surface area contributed by atoms with Gasteiger partial charge in [-0.15, -0.1) is 0 Å². The molecule has 0 N–H and O–H groups in total. The molecule has 2 aromatic rings. The van der Waals surface area contributed by atoms with Gasteiger partial charge in [0, 0.05) is 44.3 Å². The molecule has 150 valence electrons. The smallest absolute Gasteiger partial charge is 0.296 e. The number of rotatable bonds is 4. The third-order valence-corrected chi connectivity index (χ3v) is 7.12. The Bertz CT molecular complexity index is 982. The number of aromatic nitrogens is 2. The monoisotopic (exact) mass is 412 g/mol. The van der Waals surface area contributed by atoms with E-state index in [4.69, 9.17) is 0 Å². The van der Waals surface area contributed by atoms with Gasteiger partial charge in [-0.25, -0.2) is 13.4 Å². The first-order chi connectivity index (χ1) is 13.1. The van der Waals surface area contributed by atoms with Crippen LogP contribution in [0.15, 0.2) is 41.4 Å². The van der Waals surface area contributed by atoms with Crippen molar-refractivity contribution < 1.29 is 21.6 Å². The molecule has 0 unspecified atom stereocenters. The van der Waals surface area contributed by atoms with Crippen LogP contribution in [0.5, 0.6) is 0 Å². The normalized spacial score (nSPS) is 20.0. The third kappa shape index (κ3) is 3.40. The Morgan fingerprint density at radius 2 is 1.82 bits per heavy atom. The minimum absolute atomic E-state index is 0.0743. The van der Waals surface area contributed by atoms with Crippen LogP contribution in [0.4, 0.5) is 13.2 Å². The van der Waals surface area contributed by atoms with Gasteiger partial charge >= 0.3 is 6.18 Å². The lowest BCUT2D eigenvalue weighted by Crippen LogP contribution is -2.72. The molecule has 0 saturated carbocycles. The average Bonchev–Trinajstić information content (AvgIpc) is 2.55. The Labute approximate surface area is 161 Å². The van der Waals surface area contributed by atoms with Crippen LogP contribution in [0.3, 0.4) is 0 Å². The lowest BCUT2D eigenvalue weighted by atomic mass is 9.74. The van der Waals surface area contributed by atoms with Gasteiger partial charge in [0.2, 0.25) is 10.0 Å². The predicted molar refractivity (Wildman–Crippen MR) is 94.7 cm³/mol. The summed E-state index contributed by atoms with van der Waals surface area (Å²) in [4.78, 5) is 9.76. The summed E-state index contributed by atoms with van der Waals surface area (Å²) in [7, 11) is -3.85. The quantitative estimate of drug-likeness (QED) is 0.771. The molecule has 0 radical (unpaired) electrons. The molecular weight excluding hydrogens is 393 g/mol. The standard InChI is InChI=1S/C18H19F3N4O2S/c1-13-15(5-6-16(23-13)18(19,20)21)28(26,27)25-11-17(12-25)9-24(10-17)8-14-4-2-3-7-22-14/h2-7H,8-12H2,1H3. The summed E-state index contributed by atoms with van der Waals surface area (Å²) in [6.07, 6.45) is -2.86. The summed E-state index contributed by atoms with van der Waals surface area (Å²) < 4.78 is 65.1. The maximum Gasteiger partial charge on any atom is 0.433 e. The van der Waals surface area contributed by atoms with E-state index in [1.165, 1.54) is 11.2 Å². The fourth-order valence-corrected chi connectivity index (χ4v) is 5.75. The molecule has 28 heavy (non-hydrogen) atoms. The van der Waals surface area contributed by atoms with Crippen molar-refractivity contribution in [3.63, 3.8) is 0 Å². The first-order valence-corrected chi connectivity index (χ1v) is 10.2. The zero-order chi connectivity index (χ0) is 20.2. The SMILES string of the molecule is Cc1nc(C(F)(F)F)ccc1S(=O)(=O)N1CC2(CN(Cc3ccccn3)C2)C1. The molecule has 2 saturated heterocycles. The van der Waals surface area contributed by atoms with E-state index in [9.17, 15) is 21.6 Å². The van der Waals surface area contributed by atoms with Gasteiger partial charge < -0.3 is 0 Å². The number of aryl methyl sites for hydroxylation is 1. The Kier molecular flexibility index (Phi) is 4.48. The molecule has 2 aliphatic rings. The van der Waals surface area contributed by atoms with E-state index in [-0.39, 0.29) is 16.0 Å². The summed E-state index contributed by atoms with van der Waals surface area (Å²) in [5.41, 5.74) is -0.336. The predicted octanol–water partition coefficient (Wildman–Crippen LogP) is 2.31. The zero-order valence-corrected chi connectivity index (χ0v) is 16.0. The van der Waals surface area contributed by atoms with E-state index < -0.39 is 21.9 Å². The van der Waals surface area contributed by atoms with Crippen molar-refractivity contribution in [2.24, 2.45) is 5.41 Å². The minimum Gasteiger partial charge on any atom is -0.296 e. The van der Waals surface area contributed by atoms with Gasteiger partial charge in [0.1, 0.15) is 10.6 Å². The number of alkyl halides is 3. The van der Waals surface area contributed by atoms with Gasteiger partial charge in [0.15, 0.2) is 0 Å². The van der Waals surface area contributed by atoms with Crippen molar-refractivity contribution >= 4 is 10.0 Å². The molecule has 10 heteroatoms. The Morgan fingerprint density at radius 1 is 1.11 bits per heavy atom. The lowest BCUT2D eigenvalue weighted by Gasteiger charge is -2.59. The molecule has 0 aliphatic carbocycles. The number of sulfonamides is 1. The summed E-state index contributed by atoms with van der Waals surface area (Å²) in [6, 6.07) is 7.44. The number of nitrogens with zero attached hydrogens (tertiary/aromatic N) is 4. The van der Waals surface area contributed by atoms with Crippen molar-refractivity contribution in [2.45, 2.75) is 24.5 Å². The number of hydrogen-bond acceptors (Lipinski definition) is 5. The fourth-order valence-electron chi connectivity index (χ4n) is 3.92. The van der Waals surface area contributed by atoms with Crippen LogP contribution in [0.2, 0.25) is 0 Å². The number of likely N-dealkylation sites (tertiary alicyclic amines) is 1. The average molecular weight is 412 g/mol. The van der Waals surface area contributed by atoms with Crippen LogP contribution in [0.25, 0.3) is 0 Å². The second-order valence-electron chi connectivity index (χ2n) is 7.52. The highest BCUT2D eigenvalue weighted by molar-refractivity contribution is 7.89. The molecule has 0 aromatic carbocycles. The molecule has 6 nitrogen and oxygen atoms in total. The number of pyridine rings is 2. The van der Waals surface area contributed by atoms with Crippen molar-refractivity contribution in [1.82, 2.24) is 19.2 Å². The highest BCUT2D eigenvalue weighted by Gasteiger charge is 2.55. The van der Waals surface area contributed by atoms with Gasteiger partial charge in [0.25, 0.3) is 0 Å². The van der Waals surface area contributed by atoms with E-state index in [1.54, 1.807) is 6.20 Å². The summed E-state index contributed by atoms with van der Waals surface area (Å²) >= 11 is 0. The fraction of sp³-hybridized carbons (Fsp3) is 0.444. The van der Waals surface area contributed by atoms with Crippen LogP contribution in [-0.4, -0.2) is 53.8 Å². The number of hydrogen-bond donors (Lipinski definition) is 0. The van der Waals surface area contributed by atoms with Gasteiger partial charge in [-0.3, -0.25) is 9.88 Å². The zero-order valence-electron chi connectivity index (χ0n) is 15.1. The third-order valence-electron chi connectivity index (χ3n) is 5.20. The summed E-state index contributed by atoms with van der Waals surface area (Å²) in [5.74, 6) is 0. The molecule has 2 aliphatic heterocycles. The Hall–Kier alpha value is -2.04. The topological polar surface area (TPSA) is 66.4 Å². The first-order valence-electron chi connectivity index (χ1n) is 8.76. The van der Waals surface area contributed by atoms with Crippen LogP contribution in [-0.2, 0) is 22.7 Å². The Morgan fingerprint density at radius 3 is 2.39 bits per heavy atom. The van der Waals surface area contributed by atoms with Crippen molar-refractivity contribution in [3.8, 4) is 0 Å². The van der Waals surface area contributed by atoms with Crippen LogP contribution in [0, 0.1) is 12.3 Å². The Balaban J connectivity index is 1.39. The van der Waals surface area contributed by atoms with E-state index in [0.717, 1.165) is 31.4 Å². The summed E-state index contributed by atoms with van der Waals surface area (Å²) in [5, 5.41) is 0. The highest BCUT2D eigenvalue weighted by atomic mass is 32.2. The first kappa shape index (κ1) is 19.3. The van der Waals surface area contributed by atoms with Gasteiger partial charge in [0.05, 0.1) is 11.4 Å². The molecule has 4 rings (SSSR count). The molecule has 2 aromatic heterocycles. The molecule has 0 bridgehead atoms. The number of halogens is 3. The largest absolute Gasteiger partial charge is 0.433 e. The summed E-state index contributed by atoms with van der Waals surface area (Å²) in [6.45, 7) is 4.30. The lowest BCUT2D eigenvalue weighted by molar-refractivity contribution is -0.141. The van der Waals surface area contributed by atoms with Crippen LogP contribution >= 0.6 is 0 Å². The van der Waals surface area contributed by atoms with E-state index in [2.05, 4.69) is 14.9 Å². The molecule has 2 fully saturated rings. The van der Waals surface area contributed by atoms with Crippen molar-refractivity contribution in [3.05, 3.63) is 53.6 Å². The molecule has 0 atom stereocenters. The molecular formula is C18H19F3N4O2S. The van der Waals surface area contributed by atoms with Gasteiger partial charge in [-0.05, 0) is 31.2 Å².